The highest BCUT2D eigenvalue weighted by Gasteiger charge is 2.43. The van der Waals surface area contributed by atoms with E-state index in [2.05, 4.69) is 42.5 Å². The lowest BCUT2D eigenvalue weighted by atomic mass is 10.00. The smallest absolute Gasteiger partial charge is 0.207 e. The third-order valence-corrected chi connectivity index (χ3v) is 7.09. The van der Waals surface area contributed by atoms with E-state index in [0.717, 1.165) is 24.8 Å². The second-order valence-corrected chi connectivity index (χ2v) is 8.96. The van der Waals surface area contributed by atoms with Crippen molar-refractivity contribution >= 4 is 20.8 Å². The average molecular weight is 365 g/mol. The van der Waals surface area contributed by atoms with Crippen LogP contribution < -0.4 is 0 Å². The quantitative estimate of drug-likeness (QED) is 0.601. The highest BCUT2D eigenvalue weighted by molar-refractivity contribution is 7.89. The van der Waals surface area contributed by atoms with Crippen LogP contribution in [0.5, 0.6) is 0 Å². The molecule has 3 aromatic rings. The first-order valence-corrected chi connectivity index (χ1v) is 10.5. The van der Waals surface area contributed by atoms with Gasteiger partial charge in [0.25, 0.3) is 0 Å². The molecule has 26 heavy (non-hydrogen) atoms. The molecule has 4 rings (SSSR count). The molecule has 3 nitrogen and oxygen atoms in total. The Kier molecular flexibility index (Phi) is 4.55. The maximum Gasteiger partial charge on any atom is 0.243 e. The third kappa shape index (κ3) is 3.39. The predicted molar refractivity (Wildman–Crippen MR) is 106 cm³/mol. The summed E-state index contributed by atoms with van der Waals surface area (Å²) in [6.07, 6.45) is 2.89. The van der Waals surface area contributed by atoms with Crippen LogP contribution in [0.15, 0.2) is 71.6 Å². The first-order valence-electron chi connectivity index (χ1n) is 9.11. The molecule has 0 amide bonds. The molecule has 4 heteroatoms. The lowest BCUT2D eigenvalue weighted by Crippen LogP contribution is -2.14. The van der Waals surface area contributed by atoms with Gasteiger partial charge >= 0.3 is 0 Å². The normalized spacial score (nSPS) is 19.6. The van der Waals surface area contributed by atoms with Crippen molar-refractivity contribution in [2.45, 2.75) is 37.1 Å². The van der Waals surface area contributed by atoms with Crippen molar-refractivity contribution < 1.29 is 8.42 Å². The van der Waals surface area contributed by atoms with Gasteiger partial charge in [-0.05, 0) is 54.7 Å². The SMILES string of the molecule is Cc1ccc(S(=O)(=O)N2CC2CCCc2cccc3ccccc23)cc1. The maximum atomic E-state index is 12.7. The molecule has 2 unspecified atom stereocenters. The molecule has 0 spiro atoms. The molecular formula is C22H23NO2S. The van der Waals surface area contributed by atoms with Crippen LogP contribution in [0.25, 0.3) is 10.8 Å². The van der Waals surface area contributed by atoms with E-state index in [-0.39, 0.29) is 6.04 Å². The van der Waals surface area contributed by atoms with E-state index >= 15 is 0 Å². The monoisotopic (exact) mass is 365 g/mol. The molecule has 1 heterocycles. The molecule has 1 fully saturated rings. The molecule has 1 saturated heterocycles. The van der Waals surface area contributed by atoms with Crippen LogP contribution in [0.1, 0.15) is 24.0 Å². The number of nitrogens with zero attached hydrogens (tertiary/aromatic N) is 1. The molecule has 0 aliphatic carbocycles. The third-order valence-electron chi connectivity index (χ3n) is 5.16. The number of sulfonamides is 1. The molecule has 0 bridgehead atoms. The van der Waals surface area contributed by atoms with Crippen LogP contribution in [0.4, 0.5) is 0 Å². The minimum absolute atomic E-state index is 0.149. The average Bonchev–Trinajstić information content (AvgIpc) is 3.43. The van der Waals surface area contributed by atoms with Gasteiger partial charge in [0.1, 0.15) is 0 Å². The number of benzene rings is 3. The maximum absolute atomic E-state index is 12.7. The predicted octanol–water partition coefficient (Wildman–Crippen LogP) is 4.54. The van der Waals surface area contributed by atoms with Gasteiger partial charge in [0.15, 0.2) is 0 Å². The van der Waals surface area contributed by atoms with Crippen LogP contribution in [0.2, 0.25) is 0 Å². The number of fused-ring (bicyclic) bond motifs is 1. The number of hydrogen-bond donors (Lipinski definition) is 0. The van der Waals surface area contributed by atoms with Gasteiger partial charge in [-0.15, -0.1) is 0 Å². The zero-order valence-electron chi connectivity index (χ0n) is 14.9. The van der Waals surface area contributed by atoms with Gasteiger partial charge in [0, 0.05) is 12.6 Å². The van der Waals surface area contributed by atoms with Crippen molar-refractivity contribution in [1.29, 1.82) is 0 Å². The standard InChI is InChI=1S/C22H23NO2S/c1-17-12-14-21(15-13-17)26(24,25)23-16-20(23)10-5-9-19-8-4-7-18-6-2-3-11-22(18)19/h2-4,6-8,11-15,20H,5,9-10,16H2,1H3. The van der Waals surface area contributed by atoms with Crippen molar-refractivity contribution in [1.82, 2.24) is 4.31 Å². The van der Waals surface area contributed by atoms with Gasteiger partial charge in [0.2, 0.25) is 10.0 Å². The molecule has 134 valence electrons. The zero-order valence-corrected chi connectivity index (χ0v) is 15.7. The topological polar surface area (TPSA) is 37.1 Å². The summed E-state index contributed by atoms with van der Waals surface area (Å²) in [5.74, 6) is 0. The largest absolute Gasteiger partial charge is 0.243 e. The van der Waals surface area contributed by atoms with E-state index in [4.69, 9.17) is 0 Å². The molecular weight excluding hydrogens is 342 g/mol. The van der Waals surface area contributed by atoms with E-state index in [0.29, 0.717) is 11.4 Å². The molecule has 2 atom stereocenters. The summed E-state index contributed by atoms with van der Waals surface area (Å²) in [7, 11) is -3.33. The lowest BCUT2D eigenvalue weighted by molar-refractivity contribution is 0.544. The van der Waals surface area contributed by atoms with Crippen LogP contribution in [-0.2, 0) is 16.4 Å². The van der Waals surface area contributed by atoms with Gasteiger partial charge in [0.05, 0.1) is 4.90 Å². The molecule has 0 saturated carbocycles. The van der Waals surface area contributed by atoms with Gasteiger partial charge < -0.3 is 0 Å². The van der Waals surface area contributed by atoms with Gasteiger partial charge in [-0.25, -0.2) is 8.42 Å². The molecule has 0 aromatic heterocycles. The van der Waals surface area contributed by atoms with E-state index in [9.17, 15) is 8.42 Å². The van der Waals surface area contributed by atoms with Crippen LogP contribution in [0.3, 0.4) is 0 Å². The summed E-state index contributed by atoms with van der Waals surface area (Å²) in [6.45, 7) is 2.61. The van der Waals surface area contributed by atoms with E-state index in [1.54, 1.807) is 16.4 Å². The summed E-state index contributed by atoms with van der Waals surface area (Å²) in [5, 5.41) is 2.56. The first kappa shape index (κ1) is 17.3. The second-order valence-electron chi connectivity index (χ2n) is 7.07. The number of hydrogen-bond acceptors (Lipinski definition) is 2. The molecule has 0 radical (unpaired) electrons. The summed E-state index contributed by atoms with van der Waals surface area (Å²) >= 11 is 0. The summed E-state index contributed by atoms with van der Waals surface area (Å²) in [4.78, 5) is 0.402. The van der Waals surface area contributed by atoms with Crippen molar-refractivity contribution in [3.8, 4) is 0 Å². The lowest BCUT2D eigenvalue weighted by Gasteiger charge is -2.08. The van der Waals surface area contributed by atoms with E-state index < -0.39 is 10.0 Å². The summed E-state index contributed by atoms with van der Waals surface area (Å²) in [6, 6.07) is 22.1. The van der Waals surface area contributed by atoms with E-state index in [1.807, 2.05) is 19.1 Å². The Balaban J connectivity index is 1.37. The summed E-state index contributed by atoms with van der Waals surface area (Å²) < 4.78 is 26.9. The Labute approximate surface area is 155 Å². The Morgan fingerprint density at radius 1 is 0.962 bits per heavy atom. The molecule has 3 aromatic carbocycles. The van der Waals surface area contributed by atoms with Crippen LogP contribution in [-0.4, -0.2) is 25.3 Å². The Bertz CT molecular complexity index is 1020. The minimum atomic E-state index is -3.33. The van der Waals surface area contributed by atoms with Gasteiger partial charge in [-0.1, -0.05) is 60.2 Å². The van der Waals surface area contributed by atoms with Crippen molar-refractivity contribution in [2.75, 3.05) is 6.54 Å². The van der Waals surface area contributed by atoms with Crippen molar-refractivity contribution in [2.24, 2.45) is 0 Å². The fraction of sp³-hybridized carbons (Fsp3) is 0.273. The van der Waals surface area contributed by atoms with Crippen molar-refractivity contribution in [3.05, 3.63) is 77.9 Å². The highest BCUT2D eigenvalue weighted by atomic mass is 32.2. The zero-order chi connectivity index (χ0) is 18.1. The molecule has 1 aliphatic rings. The summed E-state index contributed by atoms with van der Waals surface area (Å²) in [5.41, 5.74) is 2.41. The fourth-order valence-electron chi connectivity index (χ4n) is 3.57. The Hall–Kier alpha value is -2.17. The van der Waals surface area contributed by atoms with Crippen LogP contribution in [0, 0.1) is 6.92 Å². The Morgan fingerprint density at radius 3 is 2.50 bits per heavy atom. The number of aryl methyl sites for hydroxylation is 2. The van der Waals surface area contributed by atoms with Crippen LogP contribution >= 0.6 is 0 Å². The minimum Gasteiger partial charge on any atom is -0.207 e. The Morgan fingerprint density at radius 2 is 1.69 bits per heavy atom. The first-order chi connectivity index (χ1) is 12.6. The molecule has 1 aliphatic heterocycles. The highest BCUT2D eigenvalue weighted by Crippen LogP contribution is 2.32. The van der Waals surface area contributed by atoms with E-state index in [1.165, 1.54) is 16.3 Å². The molecule has 0 N–H and O–H groups in total. The van der Waals surface area contributed by atoms with Gasteiger partial charge in [-0.2, -0.15) is 4.31 Å². The van der Waals surface area contributed by atoms with Crippen molar-refractivity contribution in [3.63, 3.8) is 0 Å². The second kappa shape index (κ2) is 6.86. The number of rotatable bonds is 6. The fourth-order valence-corrected chi connectivity index (χ4v) is 5.19. The van der Waals surface area contributed by atoms with Gasteiger partial charge in [-0.3, -0.25) is 0 Å².